The Balaban J connectivity index is 1.50. The Labute approximate surface area is 104 Å². The maximum Gasteiger partial charge on any atom is 0.249 e. The topological polar surface area (TPSA) is 51.2 Å². The minimum Gasteiger partial charge on any atom is -0.368 e. The molecule has 1 saturated carbocycles. The van der Waals surface area contributed by atoms with Crippen molar-refractivity contribution in [2.24, 2.45) is 0 Å². The SMILES string of the molecule is O=C(NCc1csc(C2CC2)n1)[C@@H]1CCCO1. The summed E-state index contributed by atoms with van der Waals surface area (Å²) in [7, 11) is 0. The van der Waals surface area contributed by atoms with E-state index >= 15 is 0 Å². The Kier molecular flexibility index (Phi) is 3.11. The first-order valence-corrected chi connectivity index (χ1v) is 7.04. The Bertz CT molecular complexity index is 408. The van der Waals surface area contributed by atoms with Gasteiger partial charge in [0.1, 0.15) is 6.10 Å². The normalized spacial score (nSPS) is 23.9. The molecule has 0 spiro atoms. The van der Waals surface area contributed by atoms with Crippen LogP contribution in [0.2, 0.25) is 0 Å². The Morgan fingerprint density at radius 1 is 1.53 bits per heavy atom. The summed E-state index contributed by atoms with van der Waals surface area (Å²) in [5, 5.41) is 6.17. The van der Waals surface area contributed by atoms with Gasteiger partial charge in [0, 0.05) is 17.9 Å². The van der Waals surface area contributed by atoms with E-state index in [1.54, 1.807) is 11.3 Å². The minimum atomic E-state index is -0.239. The molecule has 1 aromatic rings. The average Bonchev–Trinajstić information content (AvgIpc) is 2.88. The molecule has 1 N–H and O–H groups in total. The highest BCUT2D eigenvalue weighted by atomic mass is 32.1. The zero-order valence-electron chi connectivity index (χ0n) is 9.65. The zero-order valence-corrected chi connectivity index (χ0v) is 10.5. The van der Waals surface area contributed by atoms with Crippen LogP contribution in [0.4, 0.5) is 0 Å². The van der Waals surface area contributed by atoms with Crippen molar-refractivity contribution in [2.45, 2.75) is 44.2 Å². The largest absolute Gasteiger partial charge is 0.368 e. The van der Waals surface area contributed by atoms with Crippen molar-refractivity contribution in [3.63, 3.8) is 0 Å². The van der Waals surface area contributed by atoms with Crippen molar-refractivity contribution in [1.82, 2.24) is 10.3 Å². The van der Waals surface area contributed by atoms with Crippen molar-refractivity contribution < 1.29 is 9.53 Å². The first-order chi connectivity index (χ1) is 8.33. The number of rotatable bonds is 4. The van der Waals surface area contributed by atoms with Crippen molar-refractivity contribution in [2.75, 3.05) is 6.61 Å². The summed E-state index contributed by atoms with van der Waals surface area (Å²) >= 11 is 1.71. The second-order valence-corrected chi connectivity index (χ2v) is 5.56. The second kappa shape index (κ2) is 4.74. The van der Waals surface area contributed by atoms with Gasteiger partial charge in [0.05, 0.1) is 17.2 Å². The van der Waals surface area contributed by atoms with Crippen LogP contribution in [0.25, 0.3) is 0 Å². The van der Waals surface area contributed by atoms with E-state index in [0.29, 0.717) is 19.1 Å². The number of hydrogen-bond acceptors (Lipinski definition) is 4. The maximum absolute atomic E-state index is 11.7. The van der Waals surface area contributed by atoms with Crippen LogP contribution < -0.4 is 5.32 Å². The fraction of sp³-hybridized carbons (Fsp3) is 0.667. The lowest BCUT2D eigenvalue weighted by atomic mass is 10.2. The molecule has 2 fully saturated rings. The Hall–Kier alpha value is -0.940. The highest BCUT2D eigenvalue weighted by molar-refractivity contribution is 7.09. The summed E-state index contributed by atoms with van der Waals surface area (Å²) in [5.74, 6) is 0.700. The van der Waals surface area contributed by atoms with Crippen LogP contribution in [0.5, 0.6) is 0 Å². The van der Waals surface area contributed by atoms with E-state index in [2.05, 4.69) is 10.3 Å². The number of amides is 1. The Morgan fingerprint density at radius 2 is 2.41 bits per heavy atom. The zero-order chi connectivity index (χ0) is 11.7. The molecule has 17 heavy (non-hydrogen) atoms. The van der Waals surface area contributed by atoms with Crippen LogP contribution in [-0.4, -0.2) is 23.6 Å². The van der Waals surface area contributed by atoms with E-state index in [1.807, 2.05) is 5.38 Å². The van der Waals surface area contributed by atoms with Crippen molar-refractivity contribution in [1.29, 1.82) is 0 Å². The van der Waals surface area contributed by atoms with Gasteiger partial charge >= 0.3 is 0 Å². The lowest BCUT2D eigenvalue weighted by molar-refractivity contribution is -0.130. The van der Waals surface area contributed by atoms with Gasteiger partial charge in [-0.2, -0.15) is 0 Å². The third kappa shape index (κ3) is 2.66. The summed E-state index contributed by atoms with van der Waals surface area (Å²) in [6, 6.07) is 0. The lowest BCUT2D eigenvalue weighted by Gasteiger charge is -2.08. The molecule has 1 aromatic heterocycles. The monoisotopic (exact) mass is 252 g/mol. The second-order valence-electron chi connectivity index (χ2n) is 4.67. The van der Waals surface area contributed by atoms with E-state index in [4.69, 9.17) is 4.74 Å². The molecule has 0 radical (unpaired) electrons. The van der Waals surface area contributed by atoms with Gasteiger partial charge in [0.2, 0.25) is 5.91 Å². The van der Waals surface area contributed by atoms with Gasteiger partial charge in [-0.1, -0.05) is 0 Å². The predicted octanol–water partition coefficient (Wildman–Crippen LogP) is 1.82. The van der Waals surface area contributed by atoms with E-state index < -0.39 is 0 Å². The summed E-state index contributed by atoms with van der Waals surface area (Å²) in [6.45, 7) is 1.24. The third-order valence-corrected chi connectivity index (χ3v) is 4.22. The number of nitrogens with zero attached hydrogens (tertiary/aromatic N) is 1. The number of carbonyl (C=O) groups excluding carboxylic acids is 1. The summed E-state index contributed by atoms with van der Waals surface area (Å²) in [4.78, 5) is 16.2. The molecule has 3 rings (SSSR count). The molecule has 0 bridgehead atoms. The van der Waals surface area contributed by atoms with E-state index in [1.165, 1.54) is 17.8 Å². The van der Waals surface area contributed by atoms with Gasteiger partial charge < -0.3 is 10.1 Å². The molecular weight excluding hydrogens is 236 g/mol. The number of ether oxygens (including phenoxy) is 1. The molecule has 1 amide bonds. The van der Waals surface area contributed by atoms with Gasteiger partial charge in [-0.05, 0) is 25.7 Å². The number of carbonyl (C=O) groups is 1. The number of nitrogens with one attached hydrogen (secondary N) is 1. The minimum absolute atomic E-state index is 0.00321. The van der Waals surface area contributed by atoms with Crippen LogP contribution in [0.3, 0.4) is 0 Å². The van der Waals surface area contributed by atoms with Crippen LogP contribution in [0.15, 0.2) is 5.38 Å². The van der Waals surface area contributed by atoms with Crippen LogP contribution in [0, 0.1) is 0 Å². The summed E-state index contributed by atoms with van der Waals surface area (Å²) < 4.78 is 5.33. The molecule has 1 aliphatic carbocycles. The van der Waals surface area contributed by atoms with E-state index in [0.717, 1.165) is 18.5 Å². The lowest BCUT2D eigenvalue weighted by Crippen LogP contribution is -2.33. The van der Waals surface area contributed by atoms with Crippen LogP contribution in [0.1, 0.15) is 42.3 Å². The number of thiazole rings is 1. The molecule has 2 aliphatic rings. The fourth-order valence-electron chi connectivity index (χ4n) is 2.00. The Morgan fingerprint density at radius 3 is 3.12 bits per heavy atom. The molecule has 2 heterocycles. The summed E-state index contributed by atoms with van der Waals surface area (Å²) in [6.07, 6.45) is 4.14. The van der Waals surface area contributed by atoms with Crippen molar-refractivity contribution in [3.8, 4) is 0 Å². The van der Waals surface area contributed by atoms with E-state index in [-0.39, 0.29) is 12.0 Å². The molecule has 0 aromatic carbocycles. The highest BCUT2D eigenvalue weighted by Gasteiger charge is 2.27. The summed E-state index contributed by atoms with van der Waals surface area (Å²) in [5.41, 5.74) is 0.975. The average molecular weight is 252 g/mol. The van der Waals surface area contributed by atoms with Crippen molar-refractivity contribution >= 4 is 17.2 Å². The first-order valence-electron chi connectivity index (χ1n) is 6.16. The molecule has 0 unspecified atom stereocenters. The molecule has 1 atom stereocenters. The predicted molar refractivity (Wildman–Crippen MR) is 64.9 cm³/mol. The fourth-order valence-corrected chi connectivity index (χ4v) is 2.99. The molecule has 1 aliphatic heterocycles. The van der Waals surface area contributed by atoms with Gasteiger partial charge in [0.25, 0.3) is 0 Å². The first kappa shape index (κ1) is 11.2. The van der Waals surface area contributed by atoms with Gasteiger partial charge in [-0.25, -0.2) is 4.98 Å². The van der Waals surface area contributed by atoms with Gasteiger partial charge in [-0.3, -0.25) is 4.79 Å². The van der Waals surface area contributed by atoms with Crippen molar-refractivity contribution in [3.05, 3.63) is 16.1 Å². The third-order valence-electron chi connectivity index (χ3n) is 3.16. The van der Waals surface area contributed by atoms with Crippen LogP contribution in [-0.2, 0) is 16.1 Å². The number of hydrogen-bond donors (Lipinski definition) is 1. The quantitative estimate of drug-likeness (QED) is 0.889. The molecule has 5 heteroatoms. The maximum atomic E-state index is 11.7. The van der Waals surface area contributed by atoms with Crippen LogP contribution >= 0.6 is 11.3 Å². The van der Waals surface area contributed by atoms with Gasteiger partial charge in [0.15, 0.2) is 0 Å². The molecule has 1 saturated heterocycles. The molecule has 4 nitrogen and oxygen atoms in total. The highest BCUT2D eigenvalue weighted by Crippen LogP contribution is 2.41. The molecular formula is C12H16N2O2S. The standard InChI is InChI=1S/C12H16N2O2S/c15-11(10-2-1-5-16-10)13-6-9-7-17-12(14-9)8-3-4-8/h7-8,10H,1-6H2,(H,13,15)/t10-/m0/s1. The van der Waals surface area contributed by atoms with Gasteiger partial charge in [-0.15, -0.1) is 11.3 Å². The smallest absolute Gasteiger partial charge is 0.249 e. The number of aromatic nitrogens is 1. The van der Waals surface area contributed by atoms with E-state index in [9.17, 15) is 4.79 Å². The molecule has 92 valence electrons.